The molecule has 6 nitrogen and oxygen atoms in total. The minimum absolute atomic E-state index is 0.0376. The Balaban J connectivity index is 1.46. The van der Waals surface area contributed by atoms with E-state index in [0.29, 0.717) is 28.7 Å². The van der Waals surface area contributed by atoms with Crippen LogP contribution < -0.4 is 5.32 Å². The second kappa shape index (κ2) is 9.09. The second-order valence-corrected chi connectivity index (χ2v) is 8.55. The van der Waals surface area contributed by atoms with Crippen LogP contribution in [0.25, 0.3) is 22.7 Å². The molecule has 1 saturated carbocycles. The summed E-state index contributed by atoms with van der Waals surface area (Å²) < 4.78 is 21.6. The number of carbonyl (C=O) groups is 2. The Morgan fingerprint density at radius 1 is 1.00 bits per heavy atom. The lowest BCUT2D eigenvalue weighted by molar-refractivity contribution is 0.0995. The second-order valence-electron chi connectivity index (χ2n) is 8.55. The van der Waals surface area contributed by atoms with Gasteiger partial charge in [-0.15, -0.1) is 0 Å². The number of hydrogen-bond acceptors (Lipinski definition) is 4. The molecule has 7 heteroatoms. The van der Waals surface area contributed by atoms with E-state index in [1.54, 1.807) is 48.5 Å². The zero-order valence-electron chi connectivity index (χ0n) is 18.8. The highest BCUT2D eigenvalue weighted by molar-refractivity contribution is 6.03. The van der Waals surface area contributed by atoms with Crippen molar-refractivity contribution in [1.82, 2.24) is 9.55 Å². The summed E-state index contributed by atoms with van der Waals surface area (Å²) in [5.74, 6) is -0.0500. The monoisotopic (exact) mass is 457 g/mol. The Labute approximate surface area is 196 Å². The molecule has 1 aliphatic carbocycles. The van der Waals surface area contributed by atoms with Crippen LogP contribution >= 0.6 is 0 Å². The van der Waals surface area contributed by atoms with E-state index in [1.807, 2.05) is 6.33 Å². The number of nitrogens with zero attached hydrogens (tertiary/aromatic N) is 2. The van der Waals surface area contributed by atoms with Crippen molar-refractivity contribution in [2.75, 3.05) is 5.32 Å². The van der Waals surface area contributed by atoms with E-state index >= 15 is 0 Å². The highest BCUT2D eigenvalue weighted by atomic mass is 19.1. The third-order valence-corrected chi connectivity index (χ3v) is 6.24. The molecule has 34 heavy (non-hydrogen) atoms. The number of Topliss-reactive ketones (excluding diaryl/α,β-unsaturated/α-hetero) is 1. The fraction of sp³-hybridized carbons (Fsp3) is 0.222. The normalized spacial score (nSPS) is 13.8. The molecule has 0 radical (unpaired) electrons. The van der Waals surface area contributed by atoms with Gasteiger partial charge in [-0.2, -0.15) is 0 Å². The predicted molar refractivity (Wildman–Crippen MR) is 127 cm³/mol. The van der Waals surface area contributed by atoms with Crippen molar-refractivity contribution in [3.05, 3.63) is 84.1 Å². The predicted octanol–water partition coefficient (Wildman–Crippen LogP) is 6.52. The van der Waals surface area contributed by atoms with Crippen LogP contribution in [0.4, 0.5) is 10.1 Å². The Morgan fingerprint density at radius 3 is 2.38 bits per heavy atom. The van der Waals surface area contributed by atoms with Crippen LogP contribution in [0.2, 0.25) is 0 Å². The Kier molecular flexibility index (Phi) is 5.84. The number of aromatic nitrogens is 2. The molecule has 2 aromatic heterocycles. The molecule has 0 aliphatic heterocycles. The van der Waals surface area contributed by atoms with Gasteiger partial charge in [0.1, 0.15) is 11.5 Å². The van der Waals surface area contributed by atoms with Gasteiger partial charge in [0.2, 0.25) is 0 Å². The number of rotatable bonds is 6. The topological polar surface area (TPSA) is 77.1 Å². The molecule has 5 rings (SSSR count). The Hall–Kier alpha value is -4.00. The number of carbonyl (C=O) groups excluding carboxylic acids is 2. The maximum absolute atomic E-state index is 13.5. The number of ketones is 1. The minimum Gasteiger partial charge on any atom is -0.449 e. The summed E-state index contributed by atoms with van der Waals surface area (Å²) in [6.45, 7) is 1.49. The van der Waals surface area contributed by atoms with Gasteiger partial charge in [0, 0.05) is 22.9 Å². The largest absolute Gasteiger partial charge is 0.449 e. The zero-order chi connectivity index (χ0) is 23.7. The summed E-state index contributed by atoms with van der Waals surface area (Å²) in [6.07, 6.45) is 6.22. The summed E-state index contributed by atoms with van der Waals surface area (Å²) in [6, 6.07) is 16.6. The quantitative estimate of drug-likeness (QED) is 0.335. The van der Waals surface area contributed by atoms with E-state index in [1.165, 1.54) is 19.1 Å². The Bertz CT molecular complexity index is 1330. The molecule has 172 valence electrons. The summed E-state index contributed by atoms with van der Waals surface area (Å²) >= 11 is 0. The van der Waals surface area contributed by atoms with Crippen molar-refractivity contribution in [2.24, 2.45) is 0 Å². The number of benzene rings is 2. The lowest BCUT2D eigenvalue weighted by Gasteiger charge is -2.15. The summed E-state index contributed by atoms with van der Waals surface area (Å²) in [5.41, 5.74) is 3.39. The van der Waals surface area contributed by atoms with Crippen molar-refractivity contribution in [1.29, 1.82) is 0 Å². The van der Waals surface area contributed by atoms with E-state index in [4.69, 9.17) is 4.42 Å². The van der Waals surface area contributed by atoms with E-state index in [-0.39, 0.29) is 17.4 Å². The van der Waals surface area contributed by atoms with Crippen LogP contribution in [0.5, 0.6) is 0 Å². The van der Waals surface area contributed by atoms with E-state index in [2.05, 4.69) is 14.9 Å². The van der Waals surface area contributed by atoms with E-state index in [9.17, 15) is 14.0 Å². The number of hydrogen-bond donors (Lipinski definition) is 1. The van der Waals surface area contributed by atoms with Crippen molar-refractivity contribution < 1.29 is 18.4 Å². The van der Waals surface area contributed by atoms with Crippen molar-refractivity contribution in [3.8, 4) is 22.7 Å². The highest BCUT2D eigenvalue weighted by Gasteiger charge is 2.26. The molecular formula is C27H24FN3O3. The minimum atomic E-state index is -0.392. The first kappa shape index (κ1) is 21.8. The highest BCUT2D eigenvalue weighted by Crippen LogP contribution is 2.39. The number of anilines is 1. The molecule has 0 saturated heterocycles. The lowest BCUT2D eigenvalue weighted by Crippen LogP contribution is -2.11. The van der Waals surface area contributed by atoms with Gasteiger partial charge in [0.25, 0.3) is 5.91 Å². The summed E-state index contributed by atoms with van der Waals surface area (Å²) in [5, 5.41) is 2.80. The van der Waals surface area contributed by atoms with Gasteiger partial charge < -0.3 is 14.3 Å². The number of amides is 1. The number of halogens is 1. The molecule has 1 amide bonds. The van der Waals surface area contributed by atoms with Gasteiger partial charge in [-0.25, -0.2) is 9.37 Å². The van der Waals surface area contributed by atoms with Gasteiger partial charge in [-0.05, 0) is 80.4 Å². The smallest absolute Gasteiger partial charge is 0.291 e. The van der Waals surface area contributed by atoms with Gasteiger partial charge in [-0.3, -0.25) is 9.59 Å². The summed E-state index contributed by atoms with van der Waals surface area (Å²) in [4.78, 5) is 28.9. The Morgan fingerprint density at radius 2 is 1.71 bits per heavy atom. The number of imidazole rings is 1. The molecule has 1 N–H and O–H groups in total. The van der Waals surface area contributed by atoms with Gasteiger partial charge in [-0.1, -0.05) is 12.8 Å². The molecule has 0 spiro atoms. The van der Waals surface area contributed by atoms with Crippen LogP contribution in [0.15, 0.2) is 71.4 Å². The van der Waals surface area contributed by atoms with Crippen LogP contribution in [-0.2, 0) is 0 Å². The van der Waals surface area contributed by atoms with Gasteiger partial charge in [0.15, 0.2) is 17.3 Å². The molecule has 1 aliphatic rings. The van der Waals surface area contributed by atoms with Crippen molar-refractivity contribution >= 4 is 17.4 Å². The summed E-state index contributed by atoms with van der Waals surface area (Å²) in [7, 11) is 0. The maximum atomic E-state index is 13.5. The standard InChI is InChI=1S/C27H24FN3O3/c1-17(32)18-8-12-21(13-9-18)30-27(33)24-15-14-23(34-24)26-25(19-6-10-20(28)11-7-19)29-16-31(26)22-4-2-3-5-22/h6-16,22H,2-5H2,1H3,(H,30,33). The third kappa shape index (κ3) is 4.29. The average molecular weight is 458 g/mol. The number of furan rings is 1. The van der Waals surface area contributed by atoms with Crippen LogP contribution in [-0.4, -0.2) is 21.2 Å². The molecular weight excluding hydrogens is 433 g/mol. The average Bonchev–Trinajstić information content (AvgIpc) is 3.59. The maximum Gasteiger partial charge on any atom is 0.291 e. The van der Waals surface area contributed by atoms with Crippen molar-refractivity contribution in [2.45, 2.75) is 38.6 Å². The molecule has 1 fully saturated rings. The van der Waals surface area contributed by atoms with Gasteiger partial charge >= 0.3 is 0 Å². The first-order chi connectivity index (χ1) is 16.5. The third-order valence-electron chi connectivity index (χ3n) is 6.24. The van der Waals surface area contributed by atoms with Crippen LogP contribution in [0.1, 0.15) is 59.6 Å². The van der Waals surface area contributed by atoms with Gasteiger partial charge in [0.05, 0.1) is 12.0 Å². The van der Waals surface area contributed by atoms with E-state index < -0.39 is 5.91 Å². The molecule has 0 bridgehead atoms. The zero-order valence-corrected chi connectivity index (χ0v) is 18.8. The molecule has 0 atom stereocenters. The molecule has 2 heterocycles. The molecule has 4 aromatic rings. The van der Waals surface area contributed by atoms with Crippen LogP contribution in [0.3, 0.4) is 0 Å². The number of nitrogens with one attached hydrogen (secondary N) is 1. The molecule has 0 unspecified atom stereocenters. The first-order valence-corrected chi connectivity index (χ1v) is 11.3. The first-order valence-electron chi connectivity index (χ1n) is 11.3. The lowest BCUT2D eigenvalue weighted by atomic mass is 10.1. The van der Waals surface area contributed by atoms with Crippen molar-refractivity contribution in [3.63, 3.8) is 0 Å². The van der Waals surface area contributed by atoms with Crippen LogP contribution in [0, 0.1) is 5.82 Å². The van der Waals surface area contributed by atoms with E-state index in [0.717, 1.165) is 36.9 Å². The molecule has 2 aromatic carbocycles. The SMILES string of the molecule is CC(=O)c1ccc(NC(=O)c2ccc(-c3c(-c4ccc(F)cc4)ncn3C3CCCC3)o2)cc1. The fourth-order valence-electron chi connectivity index (χ4n) is 4.45. The fourth-order valence-corrected chi connectivity index (χ4v) is 4.45.